The highest BCUT2D eigenvalue weighted by Crippen LogP contribution is 2.28. The smallest absolute Gasteiger partial charge is 0.243 e. The molecule has 1 saturated carbocycles. The van der Waals surface area contributed by atoms with E-state index >= 15 is 0 Å². The van der Waals surface area contributed by atoms with Crippen molar-refractivity contribution in [2.75, 3.05) is 0 Å². The molecular weight excluding hydrogens is 486 g/mol. The fourth-order valence-electron chi connectivity index (χ4n) is 4.94. The van der Waals surface area contributed by atoms with E-state index in [1.54, 1.807) is 18.2 Å². The Morgan fingerprint density at radius 3 is 2.51 bits per heavy atom. The topological polar surface area (TPSA) is 138 Å². The number of nitrogens with zero attached hydrogens (tertiary/aromatic N) is 1. The van der Waals surface area contributed by atoms with Crippen LogP contribution in [0.25, 0.3) is 10.2 Å². The Hall–Kier alpha value is -3.59. The van der Waals surface area contributed by atoms with Gasteiger partial charge >= 0.3 is 0 Å². The fraction of sp³-hybridized carbons (Fsp3) is 0.393. The second-order valence-electron chi connectivity index (χ2n) is 9.72. The van der Waals surface area contributed by atoms with Crippen molar-refractivity contribution >= 4 is 45.0 Å². The molecule has 9 heteroatoms. The summed E-state index contributed by atoms with van der Waals surface area (Å²) in [5.41, 5.74) is 7.70. The first-order valence-corrected chi connectivity index (χ1v) is 13.5. The standard InChI is InChI=1S/C28H33N5O3S/c1-17(34)31-23(15-18-8-3-2-4-9-18)27(36)32-22(16-19-10-7-11-20(14-19)26(29)30)25(35)28-33-21-12-5-6-13-24(21)37-28/h5-7,10-14,18,22-23H,2-4,8-9,15-16H2,1H3,(H3,29,30)(H,31,34)(H,32,36)/t22?,23-/m0/s1. The highest BCUT2D eigenvalue weighted by atomic mass is 32.1. The average molecular weight is 520 g/mol. The van der Waals surface area contributed by atoms with Gasteiger partial charge in [0.15, 0.2) is 5.01 Å². The van der Waals surface area contributed by atoms with Gasteiger partial charge in [-0.05, 0) is 36.1 Å². The van der Waals surface area contributed by atoms with Crippen LogP contribution in [0.4, 0.5) is 0 Å². The number of aromatic nitrogens is 1. The van der Waals surface area contributed by atoms with Crippen LogP contribution >= 0.6 is 11.3 Å². The van der Waals surface area contributed by atoms with E-state index in [1.807, 2.05) is 30.3 Å². The fourth-order valence-corrected chi connectivity index (χ4v) is 5.90. The van der Waals surface area contributed by atoms with Gasteiger partial charge in [-0.3, -0.25) is 19.8 Å². The molecule has 1 heterocycles. The maximum atomic E-state index is 13.7. The van der Waals surface area contributed by atoms with Gasteiger partial charge in [0.25, 0.3) is 0 Å². The van der Waals surface area contributed by atoms with Gasteiger partial charge in [-0.1, -0.05) is 62.4 Å². The molecule has 0 spiro atoms. The van der Waals surface area contributed by atoms with Crippen LogP contribution < -0.4 is 16.4 Å². The molecule has 1 fully saturated rings. The number of nitrogen functional groups attached to an aromatic ring is 1. The van der Waals surface area contributed by atoms with E-state index in [9.17, 15) is 14.4 Å². The van der Waals surface area contributed by atoms with E-state index in [0.717, 1.165) is 41.5 Å². The second-order valence-corrected chi connectivity index (χ2v) is 10.8. The van der Waals surface area contributed by atoms with Crippen molar-refractivity contribution in [3.63, 3.8) is 0 Å². The number of hydrogen-bond donors (Lipinski definition) is 4. The second kappa shape index (κ2) is 12.1. The summed E-state index contributed by atoms with van der Waals surface area (Å²) in [5.74, 6) is -0.649. The molecule has 1 unspecified atom stereocenters. The normalized spacial score (nSPS) is 15.6. The molecule has 8 nitrogen and oxygen atoms in total. The molecule has 2 atom stereocenters. The zero-order chi connectivity index (χ0) is 26.4. The Bertz CT molecular complexity index is 1260. The maximum Gasteiger partial charge on any atom is 0.243 e. The van der Waals surface area contributed by atoms with Gasteiger partial charge in [0, 0.05) is 18.9 Å². The molecule has 0 saturated heterocycles. The predicted octanol–water partition coefficient (Wildman–Crippen LogP) is 3.97. The summed E-state index contributed by atoms with van der Waals surface area (Å²) in [5, 5.41) is 13.8. The Balaban J connectivity index is 1.60. The molecule has 3 aromatic rings. The highest BCUT2D eigenvalue weighted by molar-refractivity contribution is 7.20. The maximum absolute atomic E-state index is 13.7. The first-order valence-electron chi connectivity index (χ1n) is 12.7. The minimum absolute atomic E-state index is 0.0712. The van der Waals surface area contributed by atoms with E-state index < -0.39 is 12.1 Å². The van der Waals surface area contributed by atoms with Gasteiger partial charge in [-0.15, -0.1) is 11.3 Å². The summed E-state index contributed by atoms with van der Waals surface area (Å²) in [6.07, 6.45) is 6.29. The summed E-state index contributed by atoms with van der Waals surface area (Å²) in [4.78, 5) is 43.6. The predicted molar refractivity (Wildman–Crippen MR) is 146 cm³/mol. The highest BCUT2D eigenvalue weighted by Gasteiger charge is 2.31. The summed E-state index contributed by atoms with van der Waals surface area (Å²) in [6.45, 7) is 1.40. The lowest BCUT2D eigenvalue weighted by Crippen LogP contribution is -2.52. The zero-order valence-electron chi connectivity index (χ0n) is 21.0. The molecule has 0 radical (unpaired) electrons. The molecule has 1 aliphatic rings. The number of carbonyl (C=O) groups excluding carboxylic acids is 3. The monoisotopic (exact) mass is 519 g/mol. The van der Waals surface area contributed by atoms with Crippen LogP contribution in [0, 0.1) is 11.3 Å². The van der Waals surface area contributed by atoms with E-state index in [-0.39, 0.29) is 29.9 Å². The molecule has 37 heavy (non-hydrogen) atoms. The number of nitrogens with one attached hydrogen (secondary N) is 3. The number of benzene rings is 2. The minimum Gasteiger partial charge on any atom is -0.384 e. The van der Waals surface area contributed by atoms with Crippen LogP contribution in [-0.2, 0) is 16.0 Å². The quantitative estimate of drug-likeness (QED) is 0.182. The Morgan fingerprint density at radius 2 is 1.81 bits per heavy atom. The van der Waals surface area contributed by atoms with Gasteiger partial charge in [0.2, 0.25) is 17.6 Å². The van der Waals surface area contributed by atoms with E-state index in [2.05, 4.69) is 15.6 Å². The molecule has 2 aromatic carbocycles. The van der Waals surface area contributed by atoms with Crippen LogP contribution in [0.15, 0.2) is 48.5 Å². The third-order valence-electron chi connectivity index (χ3n) is 6.80. The van der Waals surface area contributed by atoms with Gasteiger partial charge in [0.1, 0.15) is 11.9 Å². The van der Waals surface area contributed by atoms with Crippen LogP contribution in [-0.4, -0.2) is 40.5 Å². The Labute approximate surface area is 220 Å². The third kappa shape index (κ3) is 7.01. The van der Waals surface area contributed by atoms with Gasteiger partial charge in [0.05, 0.1) is 16.3 Å². The van der Waals surface area contributed by atoms with Crippen molar-refractivity contribution in [1.29, 1.82) is 5.41 Å². The molecule has 4 rings (SSSR count). The Morgan fingerprint density at radius 1 is 1.05 bits per heavy atom. The molecule has 194 valence electrons. The number of carbonyl (C=O) groups is 3. The van der Waals surface area contributed by atoms with Crippen LogP contribution in [0.5, 0.6) is 0 Å². The van der Waals surface area contributed by atoms with Crippen molar-refractivity contribution in [3.8, 4) is 0 Å². The number of amidine groups is 1. The van der Waals surface area contributed by atoms with Crippen molar-refractivity contribution in [1.82, 2.24) is 15.6 Å². The van der Waals surface area contributed by atoms with Gasteiger partial charge in [-0.25, -0.2) is 4.98 Å². The van der Waals surface area contributed by atoms with Crippen molar-refractivity contribution < 1.29 is 14.4 Å². The van der Waals surface area contributed by atoms with E-state index in [0.29, 0.717) is 22.9 Å². The number of para-hydroxylation sites is 1. The van der Waals surface area contributed by atoms with E-state index in [1.165, 1.54) is 24.7 Å². The SMILES string of the molecule is CC(=O)N[C@@H](CC1CCCCC1)C(=O)NC(Cc1cccc(C(=N)N)c1)C(=O)c1nc2ccccc2s1. The van der Waals surface area contributed by atoms with Crippen LogP contribution in [0.2, 0.25) is 0 Å². The third-order valence-corrected chi connectivity index (χ3v) is 7.85. The summed E-state index contributed by atoms with van der Waals surface area (Å²) >= 11 is 1.29. The first-order chi connectivity index (χ1) is 17.8. The number of hydrogen-bond acceptors (Lipinski definition) is 6. The average Bonchev–Trinajstić information content (AvgIpc) is 3.32. The number of amides is 2. The lowest BCUT2D eigenvalue weighted by molar-refractivity contribution is -0.128. The van der Waals surface area contributed by atoms with Gasteiger partial charge < -0.3 is 16.4 Å². The first kappa shape index (κ1) is 26.5. The zero-order valence-corrected chi connectivity index (χ0v) is 21.8. The lowest BCUT2D eigenvalue weighted by atomic mass is 9.84. The molecule has 0 aliphatic heterocycles. The molecule has 2 amide bonds. The number of thiazole rings is 1. The molecular formula is C28H33N5O3S. The van der Waals surface area contributed by atoms with Crippen LogP contribution in [0.1, 0.15) is 66.4 Å². The number of ketones is 1. The van der Waals surface area contributed by atoms with Crippen LogP contribution in [0.3, 0.4) is 0 Å². The number of nitrogens with two attached hydrogens (primary N) is 1. The van der Waals surface area contributed by atoms with Crippen molar-refractivity contribution in [2.45, 2.75) is 64.0 Å². The summed E-state index contributed by atoms with van der Waals surface area (Å²) in [7, 11) is 0. The minimum atomic E-state index is -0.891. The number of fused-ring (bicyclic) bond motifs is 1. The molecule has 1 aromatic heterocycles. The summed E-state index contributed by atoms with van der Waals surface area (Å²) < 4.78 is 0.892. The van der Waals surface area contributed by atoms with Gasteiger partial charge in [-0.2, -0.15) is 0 Å². The Kier molecular flexibility index (Phi) is 8.66. The largest absolute Gasteiger partial charge is 0.384 e. The molecule has 0 bridgehead atoms. The van der Waals surface area contributed by atoms with E-state index in [4.69, 9.17) is 11.1 Å². The van der Waals surface area contributed by atoms with Crippen molar-refractivity contribution in [3.05, 3.63) is 64.7 Å². The number of rotatable bonds is 10. The summed E-state index contributed by atoms with van der Waals surface area (Å²) in [6, 6.07) is 13.0. The lowest BCUT2D eigenvalue weighted by Gasteiger charge is -2.27. The molecule has 5 N–H and O–H groups in total. The van der Waals surface area contributed by atoms with Crippen molar-refractivity contribution in [2.24, 2.45) is 11.7 Å². The molecule has 1 aliphatic carbocycles. The number of Topliss-reactive ketones (excluding diaryl/α,β-unsaturated/α-hetero) is 1.